The summed E-state index contributed by atoms with van der Waals surface area (Å²) in [4.78, 5) is 11.6. The number of nitrogens with one attached hydrogen (secondary N) is 1. The van der Waals surface area contributed by atoms with Gasteiger partial charge >= 0.3 is 0 Å². The molecule has 3 N–H and O–H groups in total. The minimum Gasteiger partial charge on any atom is -0.399 e. The molecule has 0 bridgehead atoms. The summed E-state index contributed by atoms with van der Waals surface area (Å²) in [5.41, 5.74) is 7.27. The van der Waals surface area contributed by atoms with Crippen LogP contribution in [-0.2, 0) is 9.53 Å². The van der Waals surface area contributed by atoms with Gasteiger partial charge in [0.25, 0.3) is 0 Å². The molecule has 4 nitrogen and oxygen atoms in total. The molecule has 1 atom stereocenters. The highest BCUT2D eigenvalue weighted by atomic mass is 16.5. The zero-order valence-electron chi connectivity index (χ0n) is 10.3. The van der Waals surface area contributed by atoms with Gasteiger partial charge in [-0.25, -0.2) is 0 Å². The topological polar surface area (TPSA) is 64.4 Å². The summed E-state index contributed by atoms with van der Waals surface area (Å²) in [5.74, 6) is 0.387. The van der Waals surface area contributed by atoms with Crippen molar-refractivity contribution in [1.29, 1.82) is 0 Å². The van der Waals surface area contributed by atoms with Crippen LogP contribution >= 0.6 is 0 Å². The van der Waals surface area contributed by atoms with Gasteiger partial charge in [0.05, 0.1) is 6.61 Å². The molecule has 1 amide bonds. The van der Waals surface area contributed by atoms with Crippen molar-refractivity contribution in [2.24, 2.45) is 5.92 Å². The van der Waals surface area contributed by atoms with Gasteiger partial charge in [-0.15, -0.1) is 0 Å². The largest absolute Gasteiger partial charge is 0.399 e. The normalized spacial score (nSPS) is 19.2. The van der Waals surface area contributed by atoms with E-state index in [1.165, 1.54) is 0 Å². The molecule has 1 unspecified atom stereocenters. The van der Waals surface area contributed by atoms with E-state index in [2.05, 4.69) is 5.32 Å². The Labute approximate surface area is 107 Å². The van der Waals surface area contributed by atoms with E-state index in [0.29, 0.717) is 12.5 Å². The van der Waals surface area contributed by atoms with Crippen molar-refractivity contribution in [3.05, 3.63) is 35.9 Å². The maximum Gasteiger partial charge on any atom is 0.244 e. The molecule has 1 saturated heterocycles. The molecular formula is C14H18N2O2. The summed E-state index contributed by atoms with van der Waals surface area (Å²) in [6.45, 7) is 2.24. The van der Waals surface area contributed by atoms with E-state index in [9.17, 15) is 4.79 Å². The van der Waals surface area contributed by atoms with Crippen LogP contribution in [0.25, 0.3) is 6.08 Å². The molecule has 0 saturated carbocycles. The number of nitrogen functional groups attached to an aromatic ring is 1. The lowest BCUT2D eigenvalue weighted by molar-refractivity contribution is -0.116. The average molecular weight is 246 g/mol. The molecule has 1 aromatic rings. The third kappa shape index (κ3) is 3.89. The summed E-state index contributed by atoms with van der Waals surface area (Å²) in [5, 5.41) is 2.88. The van der Waals surface area contributed by atoms with E-state index < -0.39 is 0 Å². The Morgan fingerprint density at radius 2 is 2.22 bits per heavy atom. The lowest BCUT2D eigenvalue weighted by atomic mass is 10.1. The number of hydrogen-bond donors (Lipinski definition) is 2. The van der Waals surface area contributed by atoms with Gasteiger partial charge in [0.15, 0.2) is 0 Å². The van der Waals surface area contributed by atoms with Crippen LogP contribution < -0.4 is 11.1 Å². The summed E-state index contributed by atoms with van der Waals surface area (Å²) in [6, 6.07) is 7.38. The fraction of sp³-hybridized carbons (Fsp3) is 0.357. The van der Waals surface area contributed by atoms with Crippen molar-refractivity contribution in [1.82, 2.24) is 5.32 Å². The van der Waals surface area contributed by atoms with Gasteiger partial charge in [-0.3, -0.25) is 4.79 Å². The predicted octanol–water partition coefficient (Wildman–Crippen LogP) is 1.43. The second kappa shape index (κ2) is 6.21. The first-order chi connectivity index (χ1) is 8.74. The Balaban J connectivity index is 1.77. The van der Waals surface area contributed by atoms with E-state index in [1.54, 1.807) is 12.2 Å². The molecule has 1 aromatic carbocycles. The maximum atomic E-state index is 11.6. The van der Waals surface area contributed by atoms with Gasteiger partial charge < -0.3 is 15.8 Å². The number of amides is 1. The fourth-order valence-corrected chi connectivity index (χ4v) is 1.83. The molecule has 96 valence electrons. The summed E-state index contributed by atoms with van der Waals surface area (Å²) in [6.07, 6.45) is 4.35. The van der Waals surface area contributed by atoms with Gasteiger partial charge in [0, 0.05) is 30.8 Å². The third-order valence-electron chi connectivity index (χ3n) is 2.95. The number of anilines is 1. The third-order valence-corrected chi connectivity index (χ3v) is 2.95. The smallest absolute Gasteiger partial charge is 0.244 e. The first-order valence-electron chi connectivity index (χ1n) is 6.13. The first kappa shape index (κ1) is 12.6. The monoisotopic (exact) mass is 246 g/mol. The van der Waals surface area contributed by atoms with Crippen molar-refractivity contribution in [3.63, 3.8) is 0 Å². The molecule has 1 fully saturated rings. The second-order valence-corrected chi connectivity index (χ2v) is 4.47. The Morgan fingerprint density at radius 1 is 1.44 bits per heavy atom. The van der Waals surface area contributed by atoms with Crippen molar-refractivity contribution < 1.29 is 9.53 Å². The van der Waals surface area contributed by atoms with Crippen LogP contribution in [-0.4, -0.2) is 25.7 Å². The van der Waals surface area contributed by atoms with E-state index in [4.69, 9.17) is 10.5 Å². The molecule has 0 aromatic heterocycles. The number of carbonyl (C=O) groups excluding carboxylic acids is 1. The highest BCUT2D eigenvalue weighted by molar-refractivity contribution is 5.91. The van der Waals surface area contributed by atoms with Crippen LogP contribution in [0.2, 0.25) is 0 Å². The minimum absolute atomic E-state index is 0.0706. The number of hydrogen-bond acceptors (Lipinski definition) is 3. The predicted molar refractivity (Wildman–Crippen MR) is 71.8 cm³/mol. The first-order valence-corrected chi connectivity index (χ1v) is 6.13. The highest BCUT2D eigenvalue weighted by Crippen LogP contribution is 2.10. The van der Waals surface area contributed by atoms with Crippen LogP contribution in [0.1, 0.15) is 12.0 Å². The van der Waals surface area contributed by atoms with E-state index in [-0.39, 0.29) is 5.91 Å². The number of nitrogens with two attached hydrogens (primary N) is 1. The molecule has 0 aliphatic carbocycles. The Kier molecular flexibility index (Phi) is 4.36. The van der Waals surface area contributed by atoms with Crippen LogP contribution in [0.3, 0.4) is 0 Å². The van der Waals surface area contributed by atoms with Crippen molar-refractivity contribution in [2.45, 2.75) is 6.42 Å². The van der Waals surface area contributed by atoms with Crippen LogP contribution in [0.5, 0.6) is 0 Å². The standard InChI is InChI=1S/C14H18N2O2/c15-13-4-1-11(2-5-13)3-6-14(17)16-9-12-7-8-18-10-12/h1-6,12H,7-10,15H2,(H,16,17)/b6-3+. The zero-order valence-corrected chi connectivity index (χ0v) is 10.3. The van der Waals surface area contributed by atoms with Gasteiger partial charge in [-0.2, -0.15) is 0 Å². The Bertz CT molecular complexity index is 420. The van der Waals surface area contributed by atoms with Crippen molar-refractivity contribution in [3.8, 4) is 0 Å². The van der Waals surface area contributed by atoms with E-state index >= 15 is 0 Å². The van der Waals surface area contributed by atoms with E-state index in [1.807, 2.05) is 24.3 Å². The minimum atomic E-state index is -0.0706. The molecule has 0 radical (unpaired) electrons. The highest BCUT2D eigenvalue weighted by Gasteiger charge is 2.15. The number of rotatable bonds is 4. The fourth-order valence-electron chi connectivity index (χ4n) is 1.83. The molecule has 18 heavy (non-hydrogen) atoms. The molecule has 2 rings (SSSR count). The van der Waals surface area contributed by atoms with Gasteiger partial charge in [0.2, 0.25) is 5.91 Å². The molecule has 0 spiro atoms. The van der Waals surface area contributed by atoms with Gasteiger partial charge in [-0.05, 0) is 30.2 Å². The molecular weight excluding hydrogens is 228 g/mol. The Hall–Kier alpha value is -1.81. The number of carbonyl (C=O) groups is 1. The van der Waals surface area contributed by atoms with Crippen molar-refractivity contribution in [2.75, 3.05) is 25.5 Å². The van der Waals surface area contributed by atoms with Gasteiger partial charge in [0.1, 0.15) is 0 Å². The second-order valence-electron chi connectivity index (χ2n) is 4.47. The summed E-state index contributed by atoms with van der Waals surface area (Å²) < 4.78 is 5.25. The lowest BCUT2D eigenvalue weighted by Gasteiger charge is -2.07. The SMILES string of the molecule is Nc1ccc(/C=C/C(=O)NCC2CCOC2)cc1. The van der Waals surface area contributed by atoms with Crippen molar-refractivity contribution >= 4 is 17.7 Å². The van der Waals surface area contributed by atoms with E-state index in [0.717, 1.165) is 30.9 Å². The average Bonchev–Trinajstić information content (AvgIpc) is 2.89. The van der Waals surface area contributed by atoms with Crippen LogP contribution in [0.15, 0.2) is 30.3 Å². The number of ether oxygens (including phenoxy) is 1. The zero-order chi connectivity index (χ0) is 12.8. The molecule has 1 aliphatic rings. The van der Waals surface area contributed by atoms with Crippen LogP contribution in [0, 0.1) is 5.92 Å². The quantitative estimate of drug-likeness (QED) is 0.624. The maximum absolute atomic E-state index is 11.6. The van der Waals surface area contributed by atoms with Gasteiger partial charge in [-0.1, -0.05) is 12.1 Å². The Morgan fingerprint density at radius 3 is 2.89 bits per heavy atom. The number of benzene rings is 1. The summed E-state index contributed by atoms with van der Waals surface area (Å²) >= 11 is 0. The molecule has 4 heteroatoms. The molecule has 1 heterocycles. The molecule has 1 aliphatic heterocycles. The lowest BCUT2D eigenvalue weighted by Crippen LogP contribution is -2.27. The van der Waals surface area contributed by atoms with Crippen LogP contribution in [0.4, 0.5) is 5.69 Å². The summed E-state index contributed by atoms with van der Waals surface area (Å²) in [7, 11) is 0.